The van der Waals surface area contributed by atoms with E-state index in [1.807, 2.05) is 0 Å². The largest absolute Gasteiger partial charge is 0.330 e. The van der Waals surface area contributed by atoms with Crippen LogP contribution < -0.4 is 11.5 Å². The predicted octanol–water partition coefficient (Wildman–Crippen LogP) is 0.319. The van der Waals surface area contributed by atoms with Crippen LogP contribution in [0.5, 0.6) is 0 Å². The molecule has 0 aromatic rings. The second-order valence-corrected chi connectivity index (χ2v) is 3.13. The summed E-state index contributed by atoms with van der Waals surface area (Å²) < 4.78 is 0. The van der Waals surface area contributed by atoms with Crippen molar-refractivity contribution >= 4 is 0 Å². The van der Waals surface area contributed by atoms with Gasteiger partial charge in [0.05, 0.1) is 0 Å². The van der Waals surface area contributed by atoms with Gasteiger partial charge in [0.15, 0.2) is 0 Å². The summed E-state index contributed by atoms with van der Waals surface area (Å²) in [6, 6.07) is 0.370. The van der Waals surface area contributed by atoms with Gasteiger partial charge in [0, 0.05) is 6.04 Å². The van der Waals surface area contributed by atoms with E-state index >= 15 is 0 Å². The summed E-state index contributed by atoms with van der Waals surface area (Å²) in [6.45, 7) is 2.98. The van der Waals surface area contributed by atoms with Gasteiger partial charge in [-0.25, -0.2) is 0 Å². The van der Waals surface area contributed by atoms with Gasteiger partial charge in [-0.3, -0.25) is 0 Å². The topological polar surface area (TPSA) is 52.0 Å². The van der Waals surface area contributed by atoms with E-state index in [9.17, 15) is 0 Å². The second kappa shape index (κ2) is 2.67. The molecule has 0 aromatic heterocycles. The van der Waals surface area contributed by atoms with Crippen LogP contribution in [0.15, 0.2) is 0 Å². The summed E-state index contributed by atoms with van der Waals surface area (Å²) in [5, 5.41) is 0. The van der Waals surface area contributed by atoms with Crippen LogP contribution in [0, 0.1) is 11.8 Å². The molecule has 0 saturated heterocycles. The standard InChI is InChI=1S/C7H16N2/c1-5-2-3-6(4-8)7(5)9/h5-7H,2-4,8-9H2,1H3/t5-,6+,7+/m0/s1. The SMILES string of the molecule is C[C@H]1CC[C@H](CN)[C@@H]1N. The van der Waals surface area contributed by atoms with Crippen molar-refractivity contribution in [3.05, 3.63) is 0 Å². The maximum atomic E-state index is 5.85. The molecule has 0 aromatic carbocycles. The predicted molar refractivity (Wildman–Crippen MR) is 38.9 cm³/mol. The van der Waals surface area contributed by atoms with Gasteiger partial charge in [-0.05, 0) is 31.2 Å². The van der Waals surface area contributed by atoms with E-state index < -0.39 is 0 Å². The molecule has 1 rings (SSSR count). The number of nitrogens with two attached hydrogens (primary N) is 2. The smallest absolute Gasteiger partial charge is 0.0105 e. The molecule has 1 fully saturated rings. The van der Waals surface area contributed by atoms with Crippen LogP contribution >= 0.6 is 0 Å². The van der Waals surface area contributed by atoms with E-state index in [2.05, 4.69) is 6.92 Å². The highest BCUT2D eigenvalue weighted by Crippen LogP contribution is 2.28. The lowest BCUT2D eigenvalue weighted by Gasteiger charge is -2.15. The van der Waals surface area contributed by atoms with Crippen molar-refractivity contribution in [2.45, 2.75) is 25.8 Å². The molecule has 1 aliphatic carbocycles. The van der Waals surface area contributed by atoms with Gasteiger partial charge in [0.1, 0.15) is 0 Å². The number of hydrogen-bond donors (Lipinski definition) is 2. The summed E-state index contributed by atoms with van der Waals surface area (Å²) >= 11 is 0. The molecule has 1 aliphatic rings. The molecule has 54 valence electrons. The molecule has 0 bridgehead atoms. The fraction of sp³-hybridized carbons (Fsp3) is 1.00. The minimum absolute atomic E-state index is 0.370. The molecule has 1 saturated carbocycles. The monoisotopic (exact) mass is 128 g/mol. The van der Waals surface area contributed by atoms with Gasteiger partial charge < -0.3 is 11.5 Å². The Morgan fingerprint density at radius 3 is 2.33 bits per heavy atom. The highest BCUT2D eigenvalue weighted by atomic mass is 14.7. The minimum Gasteiger partial charge on any atom is -0.330 e. The Morgan fingerprint density at radius 1 is 1.44 bits per heavy atom. The first-order chi connectivity index (χ1) is 4.25. The lowest BCUT2D eigenvalue weighted by atomic mass is 10.0. The van der Waals surface area contributed by atoms with Crippen molar-refractivity contribution in [3.8, 4) is 0 Å². The van der Waals surface area contributed by atoms with E-state index in [1.54, 1.807) is 0 Å². The zero-order chi connectivity index (χ0) is 6.85. The molecule has 0 aliphatic heterocycles. The highest BCUT2D eigenvalue weighted by molar-refractivity contribution is 4.85. The Morgan fingerprint density at radius 2 is 2.11 bits per heavy atom. The third kappa shape index (κ3) is 1.25. The summed E-state index contributed by atoms with van der Waals surface area (Å²) in [6.07, 6.45) is 2.50. The highest BCUT2D eigenvalue weighted by Gasteiger charge is 2.28. The number of rotatable bonds is 1. The van der Waals surface area contributed by atoms with Gasteiger partial charge in [-0.1, -0.05) is 6.92 Å². The molecule has 3 atom stereocenters. The van der Waals surface area contributed by atoms with Crippen LogP contribution in [0.25, 0.3) is 0 Å². The van der Waals surface area contributed by atoms with Gasteiger partial charge in [0.25, 0.3) is 0 Å². The summed E-state index contributed by atoms with van der Waals surface area (Å²) in [4.78, 5) is 0. The zero-order valence-corrected chi connectivity index (χ0v) is 6.01. The van der Waals surface area contributed by atoms with E-state index in [0.717, 1.165) is 6.54 Å². The molecule has 0 amide bonds. The lowest BCUT2D eigenvalue weighted by molar-refractivity contribution is 0.437. The van der Waals surface area contributed by atoms with E-state index in [-0.39, 0.29) is 0 Å². The third-order valence-corrected chi connectivity index (χ3v) is 2.50. The molecule has 0 heterocycles. The molecule has 0 unspecified atom stereocenters. The van der Waals surface area contributed by atoms with Crippen molar-refractivity contribution in [2.24, 2.45) is 23.3 Å². The van der Waals surface area contributed by atoms with Crippen LogP contribution in [-0.2, 0) is 0 Å². The van der Waals surface area contributed by atoms with Gasteiger partial charge in [-0.15, -0.1) is 0 Å². The molecule has 0 spiro atoms. The zero-order valence-electron chi connectivity index (χ0n) is 6.01. The Kier molecular flexibility index (Phi) is 2.09. The van der Waals surface area contributed by atoms with E-state index in [1.165, 1.54) is 12.8 Å². The average molecular weight is 128 g/mol. The Labute approximate surface area is 56.6 Å². The molecule has 2 heteroatoms. The maximum Gasteiger partial charge on any atom is 0.0105 e. The maximum absolute atomic E-state index is 5.85. The molecule has 9 heavy (non-hydrogen) atoms. The van der Waals surface area contributed by atoms with Gasteiger partial charge >= 0.3 is 0 Å². The first-order valence-electron chi connectivity index (χ1n) is 3.71. The first-order valence-corrected chi connectivity index (χ1v) is 3.71. The minimum atomic E-state index is 0.370. The van der Waals surface area contributed by atoms with Crippen LogP contribution in [0.2, 0.25) is 0 Å². The Hall–Kier alpha value is -0.0800. The fourth-order valence-corrected chi connectivity index (χ4v) is 1.60. The van der Waals surface area contributed by atoms with Crippen molar-refractivity contribution < 1.29 is 0 Å². The molecule has 0 radical (unpaired) electrons. The molecule has 4 N–H and O–H groups in total. The van der Waals surface area contributed by atoms with E-state index in [0.29, 0.717) is 17.9 Å². The van der Waals surface area contributed by atoms with Crippen molar-refractivity contribution in [3.63, 3.8) is 0 Å². The second-order valence-electron chi connectivity index (χ2n) is 3.13. The molecular formula is C7H16N2. The Bertz CT molecular complexity index is 92.9. The first kappa shape index (κ1) is 7.03. The molecule has 2 nitrogen and oxygen atoms in total. The van der Waals surface area contributed by atoms with Crippen LogP contribution in [0.1, 0.15) is 19.8 Å². The van der Waals surface area contributed by atoms with Gasteiger partial charge in [0.2, 0.25) is 0 Å². The summed E-state index contributed by atoms with van der Waals surface area (Å²) in [5.74, 6) is 1.29. The van der Waals surface area contributed by atoms with Crippen LogP contribution in [0.4, 0.5) is 0 Å². The van der Waals surface area contributed by atoms with Crippen molar-refractivity contribution in [1.29, 1.82) is 0 Å². The molecular weight excluding hydrogens is 112 g/mol. The van der Waals surface area contributed by atoms with Crippen LogP contribution in [-0.4, -0.2) is 12.6 Å². The lowest BCUT2D eigenvalue weighted by Crippen LogP contribution is -2.33. The van der Waals surface area contributed by atoms with E-state index in [4.69, 9.17) is 11.5 Å². The van der Waals surface area contributed by atoms with Crippen molar-refractivity contribution in [2.75, 3.05) is 6.54 Å². The van der Waals surface area contributed by atoms with Crippen LogP contribution in [0.3, 0.4) is 0 Å². The fourth-order valence-electron chi connectivity index (χ4n) is 1.60. The average Bonchev–Trinajstić information content (AvgIpc) is 2.15. The van der Waals surface area contributed by atoms with Gasteiger partial charge in [-0.2, -0.15) is 0 Å². The normalized spacial score (nSPS) is 43.7. The summed E-state index contributed by atoms with van der Waals surface area (Å²) in [7, 11) is 0. The van der Waals surface area contributed by atoms with Crippen molar-refractivity contribution in [1.82, 2.24) is 0 Å². The Balaban J connectivity index is 2.41. The summed E-state index contributed by atoms with van der Waals surface area (Å²) in [5.41, 5.74) is 11.4. The quantitative estimate of drug-likeness (QED) is 0.534. The third-order valence-electron chi connectivity index (χ3n) is 2.50. The number of hydrogen-bond acceptors (Lipinski definition) is 2.